The number of nitrogens with zero attached hydrogens (tertiary/aromatic N) is 3. The molecule has 2 unspecified atom stereocenters. The highest BCUT2D eigenvalue weighted by Crippen LogP contribution is 2.38. The van der Waals surface area contributed by atoms with Gasteiger partial charge in [0.25, 0.3) is 5.91 Å². The minimum atomic E-state index is -0.506. The van der Waals surface area contributed by atoms with Crippen LogP contribution in [0.15, 0.2) is 54.7 Å². The number of carbonyl (C=O) groups is 4. The van der Waals surface area contributed by atoms with Crippen molar-refractivity contribution in [3.63, 3.8) is 0 Å². The predicted molar refractivity (Wildman–Crippen MR) is 127 cm³/mol. The molecule has 3 heterocycles. The Hall–Kier alpha value is -4.14. The Kier molecular flexibility index (Phi) is 6.22. The van der Waals surface area contributed by atoms with E-state index in [0.29, 0.717) is 27.9 Å². The molecule has 178 valence electrons. The topological polar surface area (TPSA) is 121 Å². The molecular weight excluding hydrogens is 446 g/mol. The zero-order chi connectivity index (χ0) is 24.4. The number of benzene rings is 1. The Balaban J connectivity index is 1.25. The number of hydrogen-bond acceptors (Lipinski definition) is 6. The lowest BCUT2D eigenvalue weighted by molar-refractivity contribution is -0.140. The van der Waals surface area contributed by atoms with Gasteiger partial charge in [-0.15, -0.1) is 0 Å². The van der Waals surface area contributed by atoms with E-state index in [1.807, 2.05) is 18.2 Å². The van der Waals surface area contributed by atoms with Crippen LogP contribution in [0.5, 0.6) is 0 Å². The highest BCUT2D eigenvalue weighted by molar-refractivity contribution is 6.08. The number of rotatable bonds is 5. The number of carbonyl (C=O) groups excluding carboxylic acids is 4. The van der Waals surface area contributed by atoms with E-state index in [-0.39, 0.29) is 36.6 Å². The summed E-state index contributed by atoms with van der Waals surface area (Å²) in [6.07, 6.45) is 4.92. The summed E-state index contributed by atoms with van der Waals surface area (Å²) in [5.41, 5.74) is 6.96. The van der Waals surface area contributed by atoms with E-state index in [0.717, 1.165) is 25.7 Å². The number of fused-ring (bicyclic) bond motifs is 2. The predicted octanol–water partition coefficient (Wildman–Crippen LogP) is 2.62. The second kappa shape index (κ2) is 9.61. The Morgan fingerprint density at radius 3 is 2.34 bits per heavy atom. The lowest BCUT2D eigenvalue weighted by Gasteiger charge is -2.19. The summed E-state index contributed by atoms with van der Waals surface area (Å²) in [6.45, 7) is 0.00832. The molecule has 1 aliphatic heterocycles. The van der Waals surface area contributed by atoms with Crippen LogP contribution in [-0.2, 0) is 14.4 Å². The van der Waals surface area contributed by atoms with Gasteiger partial charge in [-0.05, 0) is 37.1 Å². The van der Waals surface area contributed by atoms with Crippen molar-refractivity contribution in [3.05, 3.63) is 60.3 Å². The maximum Gasteiger partial charge on any atom is 0.270 e. The van der Waals surface area contributed by atoms with Gasteiger partial charge in [-0.25, -0.2) is 4.98 Å². The van der Waals surface area contributed by atoms with Crippen molar-refractivity contribution in [2.45, 2.75) is 32.1 Å². The summed E-state index contributed by atoms with van der Waals surface area (Å²) in [7, 11) is 0. The zero-order valence-corrected chi connectivity index (χ0v) is 19.1. The highest BCUT2D eigenvalue weighted by atomic mass is 16.2. The van der Waals surface area contributed by atoms with Crippen molar-refractivity contribution >= 4 is 34.5 Å². The van der Waals surface area contributed by atoms with Gasteiger partial charge in [0.2, 0.25) is 17.7 Å². The zero-order valence-electron chi connectivity index (χ0n) is 19.1. The molecule has 2 atom stereocenters. The molecule has 1 aliphatic carbocycles. The van der Waals surface area contributed by atoms with Crippen LogP contribution in [0.4, 0.5) is 0 Å². The minimum absolute atomic E-state index is 0.00832. The first kappa shape index (κ1) is 22.6. The molecular formula is C26H25N5O4. The van der Waals surface area contributed by atoms with Crippen molar-refractivity contribution in [1.82, 2.24) is 25.7 Å². The van der Waals surface area contributed by atoms with Gasteiger partial charge in [0.1, 0.15) is 0 Å². The average Bonchev–Trinajstić information content (AvgIpc) is 3.15. The summed E-state index contributed by atoms with van der Waals surface area (Å²) in [4.78, 5) is 60.7. The van der Waals surface area contributed by atoms with Gasteiger partial charge in [0.15, 0.2) is 0 Å². The number of para-hydroxylation sites is 1. The molecule has 1 saturated carbocycles. The largest absolute Gasteiger partial charge is 0.282 e. The van der Waals surface area contributed by atoms with Gasteiger partial charge in [0, 0.05) is 24.5 Å². The van der Waals surface area contributed by atoms with Crippen molar-refractivity contribution < 1.29 is 19.2 Å². The number of likely N-dealkylation sites (tertiary alicyclic amines) is 1. The van der Waals surface area contributed by atoms with Crippen molar-refractivity contribution in [2.75, 3.05) is 6.54 Å². The normalized spacial score (nSPS) is 19.5. The van der Waals surface area contributed by atoms with E-state index in [2.05, 4.69) is 20.8 Å². The number of nitrogens with one attached hydrogen (secondary N) is 2. The number of imide groups is 1. The molecule has 9 nitrogen and oxygen atoms in total. The van der Waals surface area contributed by atoms with Crippen molar-refractivity contribution in [2.24, 2.45) is 11.8 Å². The fourth-order valence-corrected chi connectivity index (χ4v) is 4.93. The van der Waals surface area contributed by atoms with Gasteiger partial charge in [0.05, 0.1) is 34.3 Å². The van der Waals surface area contributed by atoms with E-state index >= 15 is 0 Å². The third kappa shape index (κ3) is 4.49. The highest BCUT2D eigenvalue weighted by Gasteiger charge is 2.47. The third-order valence-corrected chi connectivity index (χ3v) is 6.70. The summed E-state index contributed by atoms with van der Waals surface area (Å²) in [5, 5.41) is 0.634. The molecule has 3 aromatic rings. The van der Waals surface area contributed by atoms with Crippen LogP contribution < -0.4 is 10.9 Å². The van der Waals surface area contributed by atoms with E-state index in [1.54, 1.807) is 36.5 Å². The maximum absolute atomic E-state index is 13.0. The average molecular weight is 472 g/mol. The van der Waals surface area contributed by atoms with E-state index in [4.69, 9.17) is 0 Å². The Morgan fingerprint density at radius 2 is 1.63 bits per heavy atom. The lowest BCUT2D eigenvalue weighted by Crippen LogP contribution is -2.43. The van der Waals surface area contributed by atoms with Crippen LogP contribution >= 0.6 is 0 Å². The molecule has 4 amide bonds. The SMILES string of the molecule is O=C(CCN1C(=O)C2CCCCC2C1=O)NNC(=O)c1cc(-c2ccccn2)nc2ccccc12. The smallest absolute Gasteiger partial charge is 0.270 e. The first-order valence-electron chi connectivity index (χ1n) is 11.8. The molecule has 35 heavy (non-hydrogen) atoms. The van der Waals surface area contributed by atoms with Crippen LogP contribution in [0.3, 0.4) is 0 Å². The fraction of sp³-hybridized carbons (Fsp3) is 0.308. The number of pyridine rings is 2. The second-order valence-electron chi connectivity index (χ2n) is 8.87. The van der Waals surface area contributed by atoms with Crippen LogP contribution in [0, 0.1) is 11.8 Å². The van der Waals surface area contributed by atoms with Crippen LogP contribution in [0.1, 0.15) is 42.5 Å². The van der Waals surface area contributed by atoms with Crippen molar-refractivity contribution in [3.8, 4) is 11.4 Å². The Morgan fingerprint density at radius 1 is 0.914 bits per heavy atom. The molecule has 2 aliphatic rings. The minimum Gasteiger partial charge on any atom is -0.282 e. The van der Waals surface area contributed by atoms with Crippen LogP contribution in [0.2, 0.25) is 0 Å². The number of hydrogen-bond donors (Lipinski definition) is 2. The summed E-state index contributed by atoms with van der Waals surface area (Å²) in [6, 6.07) is 14.3. The monoisotopic (exact) mass is 471 g/mol. The Labute approximate surface area is 201 Å². The number of hydrazine groups is 1. The number of amides is 4. The van der Waals surface area contributed by atoms with Gasteiger partial charge >= 0.3 is 0 Å². The quantitative estimate of drug-likeness (QED) is 0.436. The summed E-state index contributed by atoms with van der Waals surface area (Å²) >= 11 is 0. The van der Waals surface area contributed by atoms with E-state index < -0.39 is 11.8 Å². The molecule has 2 N–H and O–H groups in total. The van der Waals surface area contributed by atoms with Gasteiger partial charge in [-0.3, -0.25) is 39.9 Å². The van der Waals surface area contributed by atoms with Gasteiger partial charge < -0.3 is 0 Å². The summed E-state index contributed by atoms with van der Waals surface area (Å²) in [5.74, 6) is -1.84. The van der Waals surface area contributed by atoms with Crippen LogP contribution in [-0.4, -0.2) is 45.0 Å². The standard InChI is InChI=1S/C26H25N5O4/c32-23(12-14-31-25(34)17-8-1-2-9-18(17)26(31)35)29-30-24(33)19-15-22(21-11-5-6-13-27-21)28-20-10-4-3-7-16(19)20/h3-7,10-11,13,15,17-18H,1-2,8-9,12,14H2,(H,29,32)(H,30,33). The molecule has 0 radical (unpaired) electrons. The molecule has 1 saturated heterocycles. The maximum atomic E-state index is 13.0. The Bertz CT molecular complexity index is 1290. The summed E-state index contributed by atoms with van der Waals surface area (Å²) < 4.78 is 0. The lowest BCUT2D eigenvalue weighted by atomic mass is 9.81. The van der Waals surface area contributed by atoms with Crippen molar-refractivity contribution in [1.29, 1.82) is 0 Å². The fourth-order valence-electron chi connectivity index (χ4n) is 4.93. The van der Waals surface area contributed by atoms with Gasteiger partial charge in [-0.2, -0.15) is 0 Å². The van der Waals surface area contributed by atoms with Gasteiger partial charge in [-0.1, -0.05) is 37.1 Å². The third-order valence-electron chi connectivity index (χ3n) is 6.70. The molecule has 0 bridgehead atoms. The van der Waals surface area contributed by atoms with E-state index in [1.165, 1.54) is 4.90 Å². The molecule has 1 aromatic carbocycles. The second-order valence-corrected chi connectivity index (χ2v) is 8.87. The molecule has 9 heteroatoms. The molecule has 0 spiro atoms. The van der Waals surface area contributed by atoms with E-state index in [9.17, 15) is 19.2 Å². The number of aromatic nitrogens is 2. The molecule has 2 fully saturated rings. The molecule has 5 rings (SSSR count). The molecule has 2 aromatic heterocycles. The first-order valence-corrected chi connectivity index (χ1v) is 11.8. The first-order chi connectivity index (χ1) is 17.0. The van der Waals surface area contributed by atoms with Crippen LogP contribution in [0.25, 0.3) is 22.3 Å².